The first-order valence-electron chi connectivity index (χ1n) is 8.98. The van der Waals surface area contributed by atoms with E-state index in [-0.39, 0.29) is 16.9 Å². The molecule has 0 spiro atoms. The van der Waals surface area contributed by atoms with Gasteiger partial charge in [0.2, 0.25) is 0 Å². The molecule has 1 aliphatic heterocycles. The van der Waals surface area contributed by atoms with Crippen molar-refractivity contribution in [1.29, 1.82) is 0 Å². The van der Waals surface area contributed by atoms with E-state index in [0.29, 0.717) is 12.2 Å². The Bertz CT molecular complexity index is 860. The topological polar surface area (TPSA) is 76.9 Å². The lowest BCUT2D eigenvalue weighted by Crippen LogP contribution is -3.12. The normalized spacial score (nSPS) is 18.3. The molecule has 3 rings (SSSR count). The van der Waals surface area contributed by atoms with E-state index in [2.05, 4.69) is 11.4 Å². The minimum absolute atomic E-state index is 0.134. The standard InChI is InChI=1S/C19H24N2O4S2/c1-27(23,24)18-8-2-5-15(11-18)20-19(22)14-21(12-16-6-3-9-25-16)13-17-7-4-10-26-17/h2,4-5,7-8,10-11,16H,3,6,9,12-14H2,1H3,(H,20,22)/p+1/t16-/m1/s1. The van der Waals surface area contributed by atoms with Crippen molar-refractivity contribution in [1.82, 2.24) is 0 Å². The van der Waals surface area contributed by atoms with Crippen molar-refractivity contribution in [2.45, 2.75) is 30.4 Å². The molecule has 0 radical (unpaired) electrons. The van der Waals surface area contributed by atoms with Crippen LogP contribution in [0.3, 0.4) is 0 Å². The molecule has 2 heterocycles. The fraction of sp³-hybridized carbons (Fsp3) is 0.421. The van der Waals surface area contributed by atoms with Gasteiger partial charge in [0.05, 0.1) is 9.77 Å². The number of thiophene rings is 1. The number of carbonyl (C=O) groups is 1. The van der Waals surface area contributed by atoms with E-state index >= 15 is 0 Å². The van der Waals surface area contributed by atoms with Gasteiger partial charge in [0.1, 0.15) is 19.2 Å². The smallest absolute Gasteiger partial charge is 0.279 e. The maximum Gasteiger partial charge on any atom is 0.279 e. The summed E-state index contributed by atoms with van der Waals surface area (Å²) in [5, 5.41) is 4.87. The molecule has 2 aromatic rings. The monoisotopic (exact) mass is 409 g/mol. The average Bonchev–Trinajstić information content (AvgIpc) is 3.28. The van der Waals surface area contributed by atoms with E-state index in [1.807, 2.05) is 11.4 Å². The summed E-state index contributed by atoms with van der Waals surface area (Å²) in [7, 11) is -3.31. The molecule has 8 heteroatoms. The van der Waals surface area contributed by atoms with E-state index in [4.69, 9.17) is 4.74 Å². The first kappa shape index (κ1) is 20.0. The van der Waals surface area contributed by atoms with Gasteiger partial charge < -0.3 is 15.0 Å². The molecule has 1 amide bonds. The minimum Gasteiger partial charge on any atom is -0.372 e. The Kier molecular flexibility index (Phi) is 6.64. The summed E-state index contributed by atoms with van der Waals surface area (Å²) in [5.74, 6) is -0.134. The van der Waals surface area contributed by atoms with Crippen LogP contribution in [-0.4, -0.2) is 46.4 Å². The van der Waals surface area contributed by atoms with Crippen molar-refractivity contribution in [3.05, 3.63) is 46.7 Å². The van der Waals surface area contributed by atoms with Gasteiger partial charge in [-0.2, -0.15) is 0 Å². The van der Waals surface area contributed by atoms with Gasteiger partial charge >= 0.3 is 0 Å². The van der Waals surface area contributed by atoms with Gasteiger partial charge in [-0.15, -0.1) is 11.3 Å². The van der Waals surface area contributed by atoms with Gasteiger partial charge in [-0.25, -0.2) is 8.42 Å². The first-order valence-corrected chi connectivity index (χ1v) is 11.7. The highest BCUT2D eigenvalue weighted by molar-refractivity contribution is 7.90. The van der Waals surface area contributed by atoms with Crippen LogP contribution in [0, 0.1) is 0 Å². The van der Waals surface area contributed by atoms with Gasteiger partial charge in [0.15, 0.2) is 16.4 Å². The summed E-state index contributed by atoms with van der Waals surface area (Å²) in [6, 6.07) is 10.4. The molecule has 146 valence electrons. The SMILES string of the molecule is CS(=O)(=O)c1cccc(NC(=O)C[NH+](Cc2cccs2)C[C@H]2CCCO2)c1. The van der Waals surface area contributed by atoms with E-state index < -0.39 is 9.84 Å². The Labute approximate surface area is 164 Å². The van der Waals surface area contributed by atoms with Crippen LogP contribution in [-0.2, 0) is 25.9 Å². The van der Waals surface area contributed by atoms with Gasteiger partial charge in [-0.3, -0.25) is 4.79 Å². The highest BCUT2D eigenvalue weighted by Gasteiger charge is 2.24. The molecule has 1 saturated heterocycles. The van der Waals surface area contributed by atoms with Gasteiger partial charge in [0, 0.05) is 18.6 Å². The molecule has 1 fully saturated rings. The fourth-order valence-electron chi connectivity index (χ4n) is 3.23. The zero-order valence-corrected chi connectivity index (χ0v) is 16.9. The van der Waals surface area contributed by atoms with Crippen LogP contribution >= 0.6 is 11.3 Å². The quantitative estimate of drug-likeness (QED) is 0.690. The van der Waals surface area contributed by atoms with Crippen molar-refractivity contribution in [3.63, 3.8) is 0 Å². The van der Waals surface area contributed by atoms with Gasteiger partial charge in [-0.1, -0.05) is 12.1 Å². The Hall–Kier alpha value is -1.74. The molecular weight excluding hydrogens is 384 g/mol. The van der Waals surface area contributed by atoms with E-state index in [1.165, 1.54) is 17.0 Å². The van der Waals surface area contributed by atoms with Crippen LogP contribution in [0.1, 0.15) is 17.7 Å². The zero-order valence-electron chi connectivity index (χ0n) is 15.3. The Morgan fingerprint density at radius 2 is 2.19 bits per heavy atom. The van der Waals surface area contributed by atoms with Crippen LogP contribution in [0.25, 0.3) is 0 Å². The minimum atomic E-state index is -3.31. The summed E-state index contributed by atoms with van der Waals surface area (Å²) < 4.78 is 29.1. The van der Waals surface area contributed by atoms with Crippen molar-refractivity contribution >= 4 is 32.8 Å². The van der Waals surface area contributed by atoms with Crippen LogP contribution in [0.5, 0.6) is 0 Å². The molecule has 2 N–H and O–H groups in total. The van der Waals surface area contributed by atoms with Crippen molar-refractivity contribution in [2.75, 3.05) is 31.3 Å². The summed E-state index contributed by atoms with van der Waals surface area (Å²) >= 11 is 1.68. The molecule has 0 aliphatic carbocycles. The zero-order chi connectivity index (χ0) is 19.3. The van der Waals surface area contributed by atoms with Crippen LogP contribution < -0.4 is 10.2 Å². The third-order valence-corrected chi connectivity index (χ3v) is 6.49. The lowest BCUT2D eigenvalue weighted by Gasteiger charge is -2.21. The Morgan fingerprint density at radius 3 is 2.85 bits per heavy atom. The van der Waals surface area contributed by atoms with Crippen molar-refractivity contribution in [3.8, 4) is 0 Å². The Balaban J connectivity index is 1.64. The number of sulfone groups is 1. The second-order valence-corrected chi connectivity index (χ2v) is 9.92. The summed E-state index contributed by atoms with van der Waals surface area (Å²) in [6.45, 7) is 2.66. The summed E-state index contributed by atoms with van der Waals surface area (Å²) in [6.07, 6.45) is 3.46. The lowest BCUT2D eigenvalue weighted by molar-refractivity contribution is -0.908. The molecule has 6 nitrogen and oxygen atoms in total. The number of benzene rings is 1. The van der Waals surface area contributed by atoms with Crippen LogP contribution in [0.15, 0.2) is 46.7 Å². The number of rotatable bonds is 8. The van der Waals surface area contributed by atoms with Crippen molar-refractivity contribution < 1.29 is 22.8 Å². The van der Waals surface area contributed by atoms with Crippen molar-refractivity contribution in [2.24, 2.45) is 0 Å². The van der Waals surface area contributed by atoms with Gasteiger partial charge in [-0.05, 0) is 42.5 Å². The summed E-state index contributed by atoms with van der Waals surface area (Å²) in [5.41, 5.74) is 0.496. The average molecular weight is 410 g/mol. The number of nitrogens with one attached hydrogen (secondary N) is 2. The molecule has 1 unspecified atom stereocenters. The van der Waals surface area contributed by atoms with E-state index in [9.17, 15) is 13.2 Å². The highest BCUT2D eigenvalue weighted by Crippen LogP contribution is 2.15. The lowest BCUT2D eigenvalue weighted by atomic mass is 10.2. The number of hydrogen-bond acceptors (Lipinski definition) is 5. The second-order valence-electron chi connectivity index (χ2n) is 6.87. The molecule has 1 aromatic carbocycles. The van der Waals surface area contributed by atoms with Gasteiger partial charge in [0.25, 0.3) is 5.91 Å². The summed E-state index contributed by atoms with van der Waals surface area (Å²) in [4.78, 5) is 15.1. The molecule has 0 saturated carbocycles. The molecule has 0 bridgehead atoms. The van der Waals surface area contributed by atoms with Crippen LogP contribution in [0.2, 0.25) is 0 Å². The third-order valence-electron chi connectivity index (χ3n) is 4.50. The molecule has 1 aromatic heterocycles. The number of quaternary nitrogens is 1. The maximum absolute atomic E-state index is 12.6. The number of ether oxygens (including phenoxy) is 1. The highest BCUT2D eigenvalue weighted by atomic mass is 32.2. The van der Waals surface area contributed by atoms with Crippen LogP contribution in [0.4, 0.5) is 5.69 Å². The predicted molar refractivity (Wildman–Crippen MR) is 106 cm³/mol. The number of hydrogen-bond donors (Lipinski definition) is 2. The Morgan fingerprint density at radius 1 is 1.33 bits per heavy atom. The molecule has 27 heavy (non-hydrogen) atoms. The predicted octanol–water partition coefficient (Wildman–Crippen LogP) is 1.35. The fourth-order valence-corrected chi connectivity index (χ4v) is 4.67. The largest absolute Gasteiger partial charge is 0.372 e. The maximum atomic E-state index is 12.6. The number of carbonyl (C=O) groups excluding carboxylic acids is 1. The first-order chi connectivity index (χ1) is 12.9. The second kappa shape index (κ2) is 8.97. The number of anilines is 1. The number of amides is 1. The molecule has 2 atom stereocenters. The van der Waals surface area contributed by atoms with E-state index in [1.54, 1.807) is 23.5 Å². The molecular formula is C19H25N2O4S2+. The molecule has 1 aliphatic rings. The van der Waals surface area contributed by atoms with E-state index in [0.717, 1.165) is 43.7 Å². The third kappa shape index (κ3) is 6.14.